The van der Waals surface area contributed by atoms with Gasteiger partial charge in [-0.2, -0.15) is 0 Å². The van der Waals surface area contributed by atoms with Crippen molar-refractivity contribution in [2.75, 3.05) is 20.6 Å². The number of hydrogen-bond donors (Lipinski definition) is 0. The van der Waals surface area contributed by atoms with E-state index in [9.17, 15) is 1.37 Å². The van der Waals surface area contributed by atoms with Crippen LogP contribution in [-0.2, 0) is 11.8 Å². The van der Waals surface area contributed by atoms with Crippen molar-refractivity contribution in [2.24, 2.45) is 5.92 Å². The number of likely N-dealkylation sites (N-methyl/N-ethyl adjacent to an activating group) is 1. The lowest BCUT2D eigenvalue weighted by molar-refractivity contribution is 0.00274. The molecule has 2 aliphatic carbocycles. The van der Waals surface area contributed by atoms with E-state index < -0.39 is 42.8 Å². The minimum Gasteiger partial charge on any atom is -0.497 e. The lowest BCUT2D eigenvalue weighted by atomic mass is 9.52. The monoisotopic (exact) mass is 280 g/mol. The Hall–Kier alpha value is -1.02. The molecule has 1 aromatic carbocycles. The second-order valence-corrected chi connectivity index (χ2v) is 6.02. The van der Waals surface area contributed by atoms with Crippen molar-refractivity contribution >= 4 is 0 Å². The van der Waals surface area contributed by atoms with E-state index in [0.29, 0.717) is 24.8 Å². The first-order valence-electron chi connectivity index (χ1n) is 11.8. The summed E-state index contributed by atoms with van der Waals surface area (Å²) in [6, 6.07) is -3.01. The van der Waals surface area contributed by atoms with Crippen LogP contribution in [0.2, 0.25) is 0 Å². The van der Waals surface area contributed by atoms with Crippen LogP contribution in [0, 0.1) is 5.92 Å². The highest BCUT2D eigenvalue weighted by atomic mass is 16.5. The fourth-order valence-electron chi connectivity index (χ4n) is 4.22. The number of fused-ring (bicyclic) bond motifs is 1. The molecule has 2 bridgehead atoms. The zero-order valence-corrected chi connectivity index (χ0v) is 11.7. The lowest BCUT2D eigenvalue weighted by Crippen LogP contribution is -2.59. The summed E-state index contributed by atoms with van der Waals surface area (Å²) >= 11 is 0. The molecule has 1 saturated carbocycles. The van der Waals surface area contributed by atoms with Gasteiger partial charge in [0.05, 0.1) is 11.2 Å². The Morgan fingerprint density at radius 1 is 1.50 bits per heavy atom. The number of methoxy groups -OCH3 is 1. The summed E-state index contributed by atoms with van der Waals surface area (Å²) in [7, 11) is 1.33. The summed E-state index contributed by atoms with van der Waals surface area (Å²) in [4.78, 5) is 0.980. The molecule has 1 aliphatic heterocycles. The van der Waals surface area contributed by atoms with Crippen molar-refractivity contribution in [3.8, 4) is 5.75 Å². The smallest absolute Gasteiger partial charge is 0.119 e. The van der Waals surface area contributed by atoms with Gasteiger partial charge in [0, 0.05) is 19.7 Å². The molecular weight excluding hydrogens is 246 g/mol. The molecule has 2 heteroatoms. The Bertz CT molecular complexity index is 870. The zero-order valence-electron chi connectivity index (χ0n) is 20.7. The molecule has 1 unspecified atom stereocenters. The van der Waals surface area contributed by atoms with Crippen LogP contribution in [0.4, 0.5) is 0 Å². The maximum Gasteiger partial charge on any atom is 0.119 e. The molecule has 0 radical (unpaired) electrons. The molecule has 3 atom stereocenters. The van der Waals surface area contributed by atoms with E-state index in [-0.39, 0.29) is 23.9 Å². The van der Waals surface area contributed by atoms with Crippen molar-refractivity contribution in [3.63, 3.8) is 0 Å². The normalized spacial score (nSPS) is 49.5. The molecule has 20 heavy (non-hydrogen) atoms. The van der Waals surface area contributed by atoms with Crippen LogP contribution in [0.15, 0.2) is 18.1 Å². The molecule has 1 aromatic rings. The summed E-state index contributed by atoms with van der Waals surface area (Å²) in [5.41, 5.74) is -0.565. The van der Waals surface area contributed by atoms with Gasteiger partial charge in [0.25, 0.3) is 0 Å². The highest BCUT2D eigenvalue weighted by molar-refractivity contribution is 5.45. The third kappa shape index (κ3) is 1.60. The minimum atomic E-state index is -2.65. The Labute approximate surface area is 134 Å². The van der Waals surface area contributed by atoms with Crippen LogP contribution in [0.1, 0.15) is 55.6 Å². The molecule has 1 heterocycles. The molecule has 0 N–H and O–H groups in total. The predicted octanol–water partition coefficient (Wildman–Crippen LogP) is 3.38. The Balaban J connectivity index is 2.14. The first-order valence-corrected chi connectivity index (χ1v) is 7.32. The lowest BCUT2D eigenvalue weighted by Gasteiger charge is -2.58. The topological polar surface area (TPSA) is 12.5 Å². The summed E-state index contributed by atoms with van der Waals surface area (Å²) in [6.07, 6.45) is 0.556. The number of rotatable bonds is 1. The standard InChI is InChI=1S/C18H25NO/c1-19-10-9-18-8-4-3-5-15(18)17(19)11-13-6-7-14(20-2)12-16(13)18/h6-7,12,15,17H,3-5,8-11H2,1-2H3/t15?,17-,18-/m0/s1/i1D3,6D,7D,11D2,12D,17D. The Kier molecular flexibility index (Phi) is 1.44. The van der Waals surface area contributed by atoms with Crippen LogP contribution in [0.3, 0.4) is 0 Å². The van der Waals surface area contributed by atoms with Gasteiger partial charge in [-0.15, -0.1) is 0 Å². The molecule has 2 fully saturated rings. The van der Waals surface area contributed by atoms with Gasteiger partial charge in [-0.05, 0) is 68.3 Å². The van der Waals surface area contributed by atoms with Crippen LogP contribution >= 0.6 is 0 Å². The molecule has 108 valence electrons. The summed E-state index contributed by atoms with van der Waals surface area (Å²) in [5.74, 6) is -0.677. The average molecular weight is 280 g/mol. The van der Waals surface area contributed by atoms with Crippen molar-refractivity contribution in [2.45, 2.75) is 49.9 Å². The van der Waals surface area contributed by atoms with E-state index >= 15 is 0 Å². The number of hydrogen-bond acceptors (Lipinski definition) is 2. The van der Waals surface area contributed by atoms with Crippen molar-refractivity contribution < 1.29 is 17.1 Å². The van der Waals surface area contributed by atoms with Gasteiger partial charge in [-0.3, -0.25) is 0 Å². The summed E-state index contributed by atoms with van der Waals surface area (Å²) in [5, 5.41) is 0. The molecule has 0 amide bonds. The van der Waals surface area contributed by atoms with Crippen LogP contribution in [0.25, 0.3) is 0 Å². The first-order chi connectivity index (χ1) is 13.4. The number of nitrogens with zero attached hydrogens (tertiary/aromatic N) is 1. The maximum absolute atomic E-state index is 9.31. The largest absolute Gasteiger partial charge is 0.497 e. The summed E-state index contributed by atoms with van der Waals surface area (Å²) < 4.78 is 81.8. The molecule has 0 aromatic heterocycles. The van der Waals surface area contributed by atoms with Crippen molar-refractivity contribution in [3.05, 3.63) is 29.3 Å². The van der Waals surface area contributed by atoms with E-state index in [1.54, 1.807) is 0 Å². The molecule has 3 aliphatic rings. The fourth-order valence-corrected chi connectivity index (χ4v) is 4.22. The molecule has 0 spiro atoms. The van der Waals surface area contributed by atoms with Gasteiger partial charge in [0.2, 0.25) is 0 Å². The van der Waals surface area contributed by atoms with Gasteiger partial charge in [-0.25, -0.2) is 0 Å². The molecule has 2 nitrogen and oxygen atoms in total. The van der Waals surface area contributed by atoms with Crippen LogP contribution in [0.5, 0.6) is 5.75 Å². The van der Waals surface area contributed by atoms with E-state index in [1.807, 2.05) is 0 Å². The van der Waals surface area contributed by atoms with Crippen LogP contribution < -0.4 is 4.74 Å². The van der Waals surface area contributed by atoms with E-state index in [4.69, 9.17) is 15.7 Å². The molecule has 1 saturated heterocycles. The van der Waals surface area contributed by atoms with Crippen molar-refractivity contribution in [1.82, 2.24) is 4.90 Å². The quantitative estimate of drug-likeness (QED) is 0.782. The minimum absolute atomic E-state index is 0.0210. The maximum atomic E-state index is 9.31. The highest BCUT2D eigenvalue weighted by Gasteiger charge is 2.53. The van der Waals surface area contributed by atoms with Gasteiger partial charge < -0.3 is 9.64 Å². The van der Waals surface area contributed by atoms with Gasteiger partial charge in [0.1, 0.15) is 5.75 Å². The molecular formula is C18H25NO. The number of ether oxygens (including phenoxy) is 1. The number of benzene rings is 1. The zero-order chi connectivity index (χ0) is 21.6. The Morgan fingerprint density at radius 3 is 3.30 bits per heavy atom. The van der Waals surface area contributed by atoms with E-state index in [1.165, 1.54) is 7.11 Å². The second kappa shape index (κ2) is 4.49. The van der Waals surface area contributed by atoms with Gasteiger partial charge >= 0.3 is 0 Å². The third-order valence-corrected chi connectivity index (χ3v) is 5.18. The number of likely N-dealkylation sites (tertiary alicyclic amines) is 1. The highest BCUT2D eigenvalue weighted by Crippen LogP contribution is 2.55. The van der Waals surface area contributed by atoms with Crippen LogP contribution in [-0.4, -0.2) is 31.5 Å². The number of piperidine rings is 1. The summed E-state index contributed by atoms with van der Waals surface area (Å²) in [6.45, 7) is -2.63. The van der Waals surface area contributed by atoms with E-state index in [2.05, 4.69) is 0 Å². The molecule has 4 rings (SSSR count). The second-order valence-electron chi connectivity index (χ2n) is 6.02. The first kappa shape index (κ1) is 6.39. The predicted molar refractivity (Wildman–Crippen MR) is 81.4 cm³/mol. The van der Waals surface area contributed by atoms with Gasteiger partial charge in [-0.1, -0.05) is 18.9 Å². The third-order valence-electron chi connectivity index (χ3n) is 5.18. The van der Waals surface area contributed by atoms with Gasteiger partial charge in [0.15, 0.2) is 0 Å². The van der Waals surface area contributed by atoms with Crippen molar-refractivity contribution in [1.29, 1.82) is 0 Å². The fraction of sp³-hybridized carbons (Fsp3) is 0.667. The Morgan fingerprint density at radius 2 is 2.45 bits per heavy atom. The van der Waals surface area contributed by atoms with E-state index in [0.717, 1.165) is 17.7 Å². The SMILES string of the molecule is [2H]c1c([2H])c2c(c([2H])c1OC)[C@]13CCCCC1[C@@]([2H])(N(C([2H])([2H])[2H])CC3)C2([2H])[2H]. The average Bonchev–Trinajstić information content (AvgIpc) is 2.63.